The second kappa shape index (κ2) is 4.03. The zero-order chi connectivity index (χ0) is 11.1. The third kappa shape index (κ3) is 3.18. The molecule has 3 heteroatoms. The minimum absolute atomic E-state index is 0.369. The van der Waals surface area contributed by atoms with Crippen molar-refractivity contribution in [3.63, 3.8) is 0 Å². The molecule has 0 aromatic rings. The van der Waals surface area contributed by atoms with Crippen LogP contribution >= 0.6 is 34.8 Å². The molecule has 0 aromatic heterocycles. The zero-order valence-electron chi connectivity index (χ0n) is 9.28. The van der Waals surface area contributed by atoms with Gasteiger partial charge >= 0.3 is 0 Å². The second-order valence-corrected chi connectivity index (χ2v) is 8.00. The van der Waals surface area contributed by atoms with E-state index in [9.17, 15) is 0 Å². The van der Waals surface area contributed by atoms with Gasteiger partial charge in [-0.2, -0.15) is 0 Å². The molecule has 2 unspecified atom stereocenters. The lowest BCUT2D eigenvalue weighted by Gasteiger charge is -2.11. The Labute approximate surface area is 102 Å². The third-order valence-corrected chi connectivity index (χ3v) is 3.93. The van der Waals surface area contributed by atoms with Gasteiger partial charge in [0, 0.05) is 0 Å². The van der Waals surface area contributed by atoms with Crippen molar-refractivity contribution in [1.29, 1.82) is 0 Å². The lowest BCUT2D eigenvalue weighted by molar-refractivity contribution is 0.462. The normalized spacial score (nSPS) is 30.9. The van der Waals surface area contributed by atoms with Crippen molar-refractivity contribution in [2.24, 2.45) is 23.2 Å². The largest absolute Gasteiger partial charge is 0.190 e. The summed E-state index contributed by atoms with van der Waals surface area (Å²) in [6.45, 7) is 9.06. The Bertz CT molecular complexity index is 203. The number of alkyl halides is 3. The molecule has 14 heavy (non-hydrogen) atoms. The summed E-state index contributed by atoms with van der Waals surface area (Å²) >= 11 is 17.5. The summed E-state index contributed by atoms with van der Waals surface area (Å²) in [6.07, 6.45) is 1.94. The lowest BCUT2D eigenvalue weighted by Crippen LogP contribution is -2.05. The maximum Gasteiger partial charge on any atom is 0.190 e. The standard InChI is InChI=1S/C11H19Cl3/c1-7(2)5-8-9(10(8,3)4)6-11(12,13)14/h7-9H,5-6H2,1-4H3. The summed E-state index contributed by atoms with van der Waals surface area (Å²) in [5.41, 5.74) is 0.369. The maximum atomic E-state index is 5.83. The molecular formula is C11H19Cl3. The molecule has 0 bridgehead atoms. The molecule has 0 nitrogen and oxygen atoms in total. The Balaban J connectivity index is 2.49. The second-order valence-electron chi connectivity index (χ2n) is 5.48. The molecule has 0 spiro atoms. The van der Waals surface area contributed by atoms with E-state index in [2.05, 4.69) is 27.7 Å². The molecule has 0 N–H and O–H groups in total. The predicted molar refractivity (Wildman–Crippen MR) is 65.1 cm³/mol. The van der Waals surface area contributed by atoms with Crippen LogP contribution < -0.4 is 0 Å². The first kappa shape index (κ1) is 12.9. The highest BCUT2D eigenvalue weighted by atomic mass is 35.6. The fourth-order valence-electron chi connectivity index (χ4n) is 2.49. The highest BCUT2D eigenvalue weighted by molar-refractivity contribution is 6.67. The topological polar surface area (TPSA) is 0 Å². The summed E-state index contributed by atoms with van der Waals surface area (Å²) in [7, 11) is 0. The predicted octanol–water partition coefficient (Wildman–Crippen LogP) is 5.07. The van der Waals surface area contributed by atoms with Gasteiger partial charge in [-0.05, 0) is 36.0 Å². The maximum absolute atomic E-state index is 5.83. The van der Waals surface area contributed by atoms with Crippen LogP contribution in [-0.4, -0.2) is 3.79 Å². The van der Waals surface area contributed by atoms with E-state index < -0.39 is 3.79 Å². The Hall–Kier alpha value is 0.870. The Morgan fingerprint density at radius 3 is 2.00 bits per heavy atom. The van der Waals surface area contributed by atoms with E-state index in [1.807, 2.05) is 0 Å². The molecule has 1 aliphatic carbocycles. The number of halogens is 3. The summed E-state index contributed by atoms with van der Waals surface area (Å²) in [6, 6.07) is 0. The molecular weight excluding hydrogens is 238 g/mol. The number of hydrogen-bond acceptors (Lipinski definition) is 0. The van der Waals surface area contributed by atoms with Crippen molar-refractivity contribution in [3.8, 4) is 0 Å². The summed E-state index contributed by atoms with van der Waals surface area (Å²) in [5, 5.41) is 0. The molecule has 0 aliphatic heterocycles. The molecule has 1 saturated carbocycles. The van der Waals surface area contributed by atoms with Crippen LogP contribution in [0.3, 0.4) is 0 Å². The third-order valence-electron chi connectivity index (χ3n) is 3.46. The number of rotatable bonds is 3. The van der Waals surface area contributed by atoms with Gasteiger partial charge in [-0.3, -0.25) is 0 Å². The van der Waals surface area contributed by atoms with Gasteiger partial charge in [0.25, 0.3) is 0 Å². The van der Waals surface area contributed by atoms with Gasteiger partial charge in [-0.1, -0.05) is 62.5 Å². The van der Waals surface area contributed by atoms with Crippen LogP contribution in [0, 0.1) is 23.2 Å². The lowest BCUT2D eigenvalue weighted by atomic mass is 10.0. The zero-order valence-corrected chi connectivity index (χ0v) is 11.5. The minimum atomic E-state index is -1.08. The quantitative estimate of drug-likeness (QED) is 0.620. The molecule has 1 rings (SSSR count). The van der Waals surface area contributed by atoms with Crippen molar-refractivity contribution in [3.05, 3.63) is 0 Å². The summed E-state index contributed by atoms with van der Waals surface area (Å²) < 4.78 is -1.08. The Morgan fingerprint density at radius 2 is 1.64 bits per heavy atom. The van der Waals surface area contributed by atoms with Gasteiger partial charge < -0.3 is 0 Å². The van der Waals surface area contributed by atoms with E-state index in [4.69, 9.17) is 34.8 Å². The highest BCUT2D eigenvalue weighted by Gasteiger charge is 2.58. The van der Waals surface area contributed by atoms with E-state index in [1.165, 1.54) is 6.42 Å². The first-order chi connectivity index (χ1) is 6.14. The average molecular weight is 258 g/mol. The van der Waals surface area contributed by atoms with Crippen molar-refractivity contribution in [1.82, 2.24) is 0 Å². The van der Waals surface area contributed by atoms with Crippen LogP contribution in [0.4, 0.5) is 0 Å². The summed E-state index contributed by atoms with van der Waals surface area (Å²) in [5.74, 6) is 2.05. The first-order valence-corrected chi connectivity index (χ1v) is 6.34. The SMILES string of the molecule is CC(C)CC1C(CC(Cl)(Cl)Cl)C1(C)C. The van der Waals surface area contributed by atoms with Crippen LogP contribution in [0.25, 0.3) is 0 Å². The highest BCUT2D eigenvalue weighted by Crippen LogP contribution is 2.64. The Kier molecular flexibility index (Phi) is 3.73. The van der Waals surface area contributed by atoms with Crippen LogP contribution in [0.2, 0.25) is 0 Å². The molecule has 0 heterocycles. The van der Waals surface area contributed by atoms with E-state index in [0.29, 0.717) is 17.8 Å². The van der Waals surface area contributed by atoms with E-state index in [0.717, 1.165) is 11.8 Å². The van der Waals surface area contributed by atoms with Crippen LogP contribution in [0.5, 0.6) is 0 Å². The van der Waals surface area contributed by atoms with Crippen molar-refractivity contribution in [2.45, 2.75) is 44.3 Å². The number of hydrogen-bond donors (Lipinski definition) is 0. The molecule has 1 aliphatic rings. The van der Waals surface area contributed by atoms with E-state index in [1.54, 1.807) is 0 Å². The van der Waals surface area contributed by atoms with Gasteiger partial charge in [-0.15, -0.1) is 0 Å². The van der Waals surface area contributed by atoms with Gasteiger partial charge in [0.1, 0.15) is 0 Å². The molecule has 2 atom stereocenters. The molecule has 0 saturated heterocycles. The molecule has 0 aromatic carbocycles. The van der Waals surface area contributed by atoms with Crippen molar-refractivity contribution < 1.29 is 0 Å². The van der Waals surface area contributed by atoms with Gasteiger partial charge in [0.2, 0.25) is 0 Å². The molecule has 0 amide bonds. The van der Waals surface area contributed by atoms with E-state index in [-0.39, 0.29) is 0 Å². The van der Waals surface area contributed by atoms with Gasteiger partial charge in [0.05, 0.1) is 0 Å². The van der Waals surface area contributed by atoms with Crippen molar-refractivity contribution >= 4 is 34.8 Å². The fourth-order valence-corrected chi connectivity index (χ4v) is 2.99. The fraction of sp³-hybridized carbons (Fsp3) is 1.00. The minimum Gasteiger partial charge on any atom is -0.0837 e. The van der Waals surface area contributed by atoms with Gasteiger partial charge in [0.15, 0.2) is 3.79 Å². The monoisotopic (exact) mass is 256 g/mol. The van der Waals surface area contributed by atoms with Crippen molar-refractivity contribution in [2.75, 3.05) is 0 Å². The smallest absolute Gasteiger partial charge is 0.0837 e. The Morgan fingerprint density at radius 1 is 1.14 bits per heavy atom. The van der Waals surface area contributed by atoms with E-state index >= 15 is 0 Å². The average Bonchev–Trinajstić information content (AvgIpc) is 2.34. The van der Waals surface area contributed by atoms with Crippen LogP contribution in [0.1, 0.15) is 40.5 Å². The van der Waals surface area contributed by atoms with Crippen LogP contribution in [0.15, 0.2) is 0 Å². The molecule has 84 valence electrons. The van der Waals surface area contributed by atoms with Crippen LogP contribution in [-0.2, 0) is 0 Å². The summed E-state index contributed by atoms with van der Waals surface area (Å²) in [4.78, 5) is 0. The molecule has 1 fully saturated rings. The van der Waals surface area contributed by atoms with Gasteiger partial charge in [-0.25, -0.2) is 0 Å². The first-order valence-electron chi connectivity index (χ1n) is 5.21. The molecule has 0 radical (unpaired) electrons.